The number of fused-ring (bicyclic) bond motifs is 1. The number of carbonyl (C=O) groups excluding carboxylic acids is 1. The van der Waals surface area contributed by atoms with Crippen molar-refractivity contribution in [3.63, 3.8) is 0 Å². The number of aromatic amines is 1. The summed E-state index contributed by atoms with van der Waals surface area (Å²) < 4.78 is 5.80. The van der Waals surface area contributed by atoms with Crippen molar-refractivity contribution in [2.45, 2.75) is 51.5 Å². The van der Waals surface area contributed by atoms with E-state index >= 15 is 0 Å². The zero-order valence-electron chi connectivity index (χ0n) is 20.2. The van der Waals surface area contributed by atoms with E-state index in [0.717, 1.165) is 36.0 Å². The summed E-state index contributed by atoms with van der Waals surface area (Å²) in [4.78, 5) is 32.5. The molecule has 5 rings (SSSR count). The van der Waals surface area contributed by atoms with E-state index < -0.39 is 5.54 Å². The Kier molecular flexibility index (Phi) is 5.96. The van der Waals surface area contributed by atoms with E-state index in [0.29, 0.717) is 31.6 Å². The number of amides is 1. The number of hydrogen-bond donors (Lipinski definition) is 2. The summed E-state index contributed by atoms with van der Waals surface area (Å²) in [7, 11) is 0. The molecule has 1 aliphatic carbocycles. The van der Waals surface area contributed by atoms with Gasteiger partial charge in [-0.25, -0.2) is 4.98 Å². The van der Waals surface area contributed by atoms with Crippen LogP contribution >= 0.6 is 0 Å². The molecule has 0 unspecified atom stereocenters. The van der Waals surface area contributed by atoms with Gasteiger partial charge in [0, 0.05) is 42.0 Å². The number of ether oxygens (including phenoxy) is 1. The lowest BCUT2D eigenvalue weighted by Gasteiger charge is -2.31. The lowest BCUT2D eigenvalue weighted by Crippen LogP contribution is -2.42. The maximum absolute atomic E-state index is 12.8. The molecule has 0 bridgehead atoms. The number of rotatable bonds is 6. The monoisotopic (exact) mass is 475 g/mol. The van der Waals surface area contributed by atoms with Gasteiger partial charge < -0.3 is 15.0 Å². The van der Waals surface area contributed by atoms with E-state index in [1.54, 1.807) is 6.20 Å². The van der Waals surface area contributed by atoms with Gasteiger partial charge in [0.05, 0.1) is 24.3 Å². The molecule has 1 saturated carbocycles. The van der Waals surface area contributed by atoms with Gasteiger partial charge in [-0.1, -0.05) is 0 Å². The van der Waals surface area contributed by atoms with E-state index in [1.807, 2.05) is 32.9 Å². The molecule has 2 N–H and O–H groups in total. The van der Waals surface area contributed by atoms with Gasteiger partial charge in [0.25, 0.3) is 5.91 Å². The molecule has 2 atom stereocenters. The Morgan fingerprint density at radius 2 is 2.09 bits per heavy atom. The molecule has 0 spiro atoms. The molecule has 1 saturated heterocycles. The lowest BCUT2D eigenvalue weighted by atomic mass is 9.92. The number of nitriles is 1. The Hall–Kier alpha value is -3.81. The molecule has 11 nitrogen and oxygen atoms in total. The third kappa shape index (κ3) is 5.16. The number of piperidine rings is 1. The van der Waals surface area contributed by atoms with Gasteiger partial charge in [-0.15, -0.1) is 0 Å². The number of hydrogen-bond acceptors (Lipinski definition) is 9. The third-order valence-electron chi connectivity index (χ3n) is 6.34. The maximum Gasteiger partial charge on any atom is 0.321 e. The van der Waals surface area contributed by atoms with Crippen molar-refractivity contribution >= 4 is 22.9 Å². The van der Waals surface area contributed by atoms with Crippen molar-refractivity contribution < 1.29 is 9.53 Å². The van der Waals surface area contributed by atoms with Gasteiger partial charge in [-0.05, 0) is 52.2 Å². The zero-order chi connectivity index (χ0) is 24.6. The minimum atomic E-state index is -0.432. The van der Waals surface area contributed by atoms with Crippen LogP contribution in [0.15, 0.2) is 18.3 Å². The third-order valence-corrected chi connectivity index (χ3v) is 6.34. The summed E-state index contributed by atoms with van der Waals surface area (Å²) in [5, 5.41) is 20.5. The van der Waals surface area contributed by atoms with Crippen LogP contribution in [0.25, 0.3) is 11.0 Å². The van der Waals surface area contributed by atoms with Crippen LogP contribution in [0.5, 0.6) is 6.01 Å². The van der Waals surface area contributed by atoms with Crippen molar-refractivity contribution in [1.29, 1.82) is 5.26 Å². The van der Waals surface area contributed by atoms with Gasteiger partial charge >= 0.3 is 6.01 Å². The van der Waals surface area contributed by atoms with E-state index in [4.69, 9.17) is 10.00 Å². The lowest BCUT2D eigenvalue weighted by molar-refractivity contribution is 0.0906. The Morgan fingerprint density at radius 1 is 1.29 bits per heavy atom. The topological polar surface area (TPSA) is 146 Å². The summed E-state index contributed by atoms with van der Waals surface area (Å²) in [6.07, 6.45) is 4.31. The second-order valence-electron chi connectivity index (χ2n) is 10.3. The Bertz CT molecular complexity index is 1270. The summed E-state index contributed by atoms with van der Waals surface area (Å²) in [5.41, 5.74) is 1.40. The molecule has 182 valence electrons. The number of pyridine rings is 1. The fourth-order valence-electron chi connectivity index (χ4n) is 4.36. The van der Waals surface area contributed by atoms with Crippen LogP contribution in [0.3, 0.4) is 0 Å². The minimum absolute atomic E-state index is 0.0207. The standard InChI is InChI=1S/C24H29N9O2/c1-24(2,3)30-21(34)20-27-22(29-23(28-20)35-13-16-11-15(16)12-25)33-9-6-14(7-10-33)18-17-5-4-8-26-19(17)32-31-18/h4-5,8,14-16H,6-7,9-11,13H2,1-3H3,(H,30,34)(H,26,31,32)/t15-,16+/m0/s1. The molecular formula is C24H29N9O2. The molecule has 2 aliphatic rings. The molecular weight excluding hydrogens is 446 g/mol. The average molecular weight is 476 g/mol. The first-order valence-corrected chi connectivity index (χ1v) is 12.0. The first kappa shape index (κ1) is 23.0. The van der Waals surface area contributed by atoms with Crippen LogP contribution in [0.4, 0.5) is 5.95 Å². The highest BCUT2D eigenvalue weighted by molar-refractivity contribution is 5.91. The summed E-state index contributed by atoms with van der Waals surface area (Å²) in [6.45, 7) is 7.48. The number of carbonyl (C=O) groups is 1. The average Bonchev–Trinajstić information content (AvgIpc) is 3.48. The quantitative estimate of drug-likeness (QED) is 0.549. The van der Waals surface area contributed by atoms with Gasteiger partial charge in [0.15, 0.2) is 5.65 Å². The van der Waals surface area contributed by atoms with E-state index in [1.165, 1.54) is 0 Å². The van der Waals surface area contributed by atoms with Crippen molar-refractivity contribution in [2.75, 3.05) is 24.6 Å². The molecule has 0 aromatic carbocycles. The Morgan fingerprint density at radius 3 is 2.80 bits per heavy atom. The summed E-state index contributed by atoms with van der Waals surface area (Å²) in [5.74, 6) is 0.571. The highest BCUT2D eigenvalue weighted by Gasteiger charge is 2.38. The molecule has 11 heteroatoms. The van der Waals surface area contributed by atoms with Crippen LogP contribution < -0.4 is 15.0 Å². The predicted octanol–water partition coefficient (Wildman–Crippen LogP) is 2.59. The fourth-order valence-corrected chi connectivity index (χ4v) is 4.36. The van der Waals surface area contributed by atoms with E-state index in [-0.39, 0.29) is 29.6 Å². The van der Waals surface area contributed by atoms with Crippen molar-refractivity contribution in [3.05, 3.63) is 29.8 Å². The van der Waals surface area contributed by atoms with Crippen molar-refractivity contribution in [2.24, 2.45) is 11.8 Å². The second kappa shape index (κ2) is 9.09. The molecule has 1 aliphatic heterocycles. The Labute approximate surface area is 203 Å². The fraction of sp³-hybridized carbons (Fsp3) is 0.542. The minimum Gasteiger partial charge on any atom is -0.463 e. The number of aromatic nitrogens is 6. The highest BCUT2D eigenvalue weighted by Crippen LogP contribution is 2.38. The van der Waals surface area contributed by atoms with Gasteiger partial charge in [0.1, 0.15) is 0 Å². The van der Waals surface area contributed by atoms with Crippen molar-refractivity contribution in [1.82, 2.24) is 35.5 Å². The van der Waals surface area contributed by atoms with Crippen LogP contribution in [-0.2, 0) is 0 Å². The normalized spacial score (nSPS) is 20.5. The van der Waals surface area contributed by atoms with Crippen LogP contribution in [0.2, 0.25) is 0 Å². The smallest absolute Gasteiger partial charge is 0.321 e. The van der Waals surface area contributed by atoms with Crippen LogP contribution in [0.1, 0.15) is 62.3 Å². The highest BCUT2D eigenvalue weighted by atomic mass is 16.5. The number of nitrogens with zero attached hydrogens (tertiary/aromatic N) is 7. The van der Waals surface area contributed by atoms with Crippen molar-refractivity contribution in [3.8, 4) is 12.1 Å². The molecule has 3 aromatic rings. The second-order valence-corrected chi connectivity index (χ2v) is 10.3. The largest absolute Gasteiger partial charge is 0.463 e. The van der Waals surface area contributed by atoms with Gasteiger partial charge in [-0.2, -0.15) is 25.3 Å². The molecule has 1 amide bonds. The van der Waals surface area contributed by atoms with Crippen LogP contribution in [-0.4, -0.2) is 61.3 Å². The maximum atomic E-state index is 12.8. The van der Waals surface area contributed by atoms with Gasteiger partial charge in [0.2, 0.25) is 11.8 Å². The van der Waals surface area contributed by atoms with Crippen LogP contribution in [0, 0.1) is 23.2 Å². The summed E-state index contributed by atoms with van der Waals surface area (Å²) >= 11 is 0. The number of anilines is 1. The first-order chi connectivity index (χ1) is 16.8. The first-order valence-electron chi connectivity index (χ1n) is 12.0. The molecule has 3 aromatic heterocycles. The number of H-pyrrole nitrogens is 1. The molecule has 4 heterocycles. The SMILES string of the molecule is CC(C)(C)NC(=O)c1nc(OC[C@H]2C[C@H]2C#N)nc(N2CCC(c3n[nH]c4ncccc34)CC2)n1. The molecule has 35 heavy (non-hydrogen) atoms. The zero-order valence-corrected chi connectivity index (χ0v) is 20.2. The molecule has 2 fully saturated rings. The predicted molar refractivity (Wildman–Crippen MR) is 128 cm³/mol. The summed E-state index contributed by atoms with van der Waals surface area (Å²) in [6, 6.07) is 6.33. The number of nitrogens with one attached hydrogen (secondary N) is 2. The van der Waals surface area contributed by atoms with E-state index in [2.05, 4.69) is 46.4 Å². The molecule has 0 radical (unpaired) electrons. The van der Waals surface area contributed by atoms with Gasteiger partial charge in [-0.3, -0.25) is 9.89 Å². The Balaban J connectivity index is 1.33. The van der Waals surface area contributed by atoms with E-state index in [9.17, 15) is 4.79 Å².